The third-order valence-corrected chi connectivity index (χ3v) is 5.51. The number of esters is 1. The van der Waals surface area contributed by atoms with Crippen LogP contribution in [-0.2, 0) is 19.6 Å². The molecule has 0 unspecified atom stereocenters. The molecule has 2 rings (SSSR count). The summed E-state index contributed by atoms with van der Waals surface area (Å²) in [6.07, 6.45) is 0. The van der Waals surface area contributed by atoms with E-state index >= 15 is 0 Å². The minimum atomic E-state index is -3.64. The fraction of sp³-hybridized carbons (Fsp3) is 0.176. The van der Waals surface area contributed by atoms with E-state index in [4.69, 9.17) is 22.1 Å². The Morgan fingerprint density at radius 1 is 1.19 bits per heavy atom. The molecule has 0 bridgehead atoms. The highest BCUT2D eigenvalue weighted by atomic mass is 35.5. The lowest BCUT2D eigenvalue weighted by atomic mass is 10.2. The quantitative estimate of drug-likeness (QED) is 0.554. The van der Waals surface area contributed by atoms with Crippen molar-refractivity contribution in [3.63, 3.8) is 0 Å². The maximum absolute atomic E-state index is 12.1. The number of halogens is 1. The smallest absolute Gasteiger partial charge is 0.340 e. The van der Waals surface area contributed by atoms with Gasteiger partial charge < -0.3 is 15.8 Å². The molecule has 0 spiro atoms. The minimum absolute atomic E-state index is 0.0222. The SMILES string of the molecule is CN(C)S(=O)(=O)c1cccc(NC(=O)COC(=O)c2cc(Cl)ccc2N)c1. The normalized spacial score (nSPS) is 11.3. The van der Waals surface area contributed by atoms with Crippen LogP contribution in [0.25, 0.3) is 0 Å². The summed E-state index contributed by atoms with van der Waals surface area (Å²) in [5, 5.41) is 2.77. The van der Waals surface area contributed by atoms with E-state index in [0.29, 0.717) is 5.02 Å². The highest BCUT2D eigenvalue weighted by molar-refractivity contribution is 7.89. The van der Waals surface area contributed by atoms with Crippen LogP contribution in [0.1, 0.15) is 10.4 Å². The molecule has 2 aromatic rings. The average molecular weight is 412 g/mol. The van der Waals surface area contributed by atoms with Gasteiger partial charge in [-0.25, -0.2) is 17.5 Å². The van der Waals surface area contributed by atoms with Gasteiger partial charge >= 0.3 is 5.97 Å². The highest BCUT2D eigenvalue weighted by Gasteiger charge is 2.18. The topological polar surface area (TPSA) is 119 Å². The Bertz CT molecular complexity index is 976. The number of hydrogen-bond acceptors (Lipinski definition) is 6. The zero-order chi connectivity index (χ0) is 20.2. The molecule has 3 N–H and O–H groups in total. The van der Waals surface area contributed by atoms with Crippen molar-refractivity contribution in [3.8, 4) is 0 Å². The van der Waals surface area contributed by atoms with E-state index in [0.717, 1.165) is 4.31 Å². The molecule has 0 atom stereocenters. The lowest BCUT2D eigenvalue weighted by molar-refractivity contribution is -0.119. The summed E-state index contributed by atoms with van der Waals surface area (Å²) >= 11 is 5.81. The summed E-state index contributed by atoms with van der Waals surface area (Å²) in [6, 6.07) is 10.0. The van der Waals surface area contributed by atoms with Gasteiger partial charge in [-0.1, -0.05) is 17.7 Å². The molecule has 0 saturated heterocycles. The number of sulfonamides is 1. The molecule has 0 saturated carbocycles. The van der Waals surface area contributed by atoms with Gasteiger partial charge in [-0.15, -0.1) is 0 Å². The molecule has 0 fully saturated rings. The lowest BCUT2D eigenvalue weighted by Crippen LogP contribution is -2.23. The Morgan fingerprint density at radius 3 is 2.56 bits per heavy atom. The molecule has 8 nitrogen and oxygen atoms in total. The third-order valence-electron chi connectivity index (χ3n) is 3.47. The maximum atomic E-state index is 12.1. The second kappa shape index (κ2) is 8.38. The molecule has 0 radical (unpaired) electrons. The summed E-state index contributed by atoms with van der Waals surface area (Å²) in [7, 11) is -0.827. The largest absolute Gasteiger partial charge is 0.452 e. The van der Waals surface area contributed by atoms with Crippen molar-refractivity contribution in [3.05, 3.63) is 53.1 Å². The van der Waals surface area contributed by atoms with Gasteiger partial charge in [0.25, 0.3) is 5.91 Å². The number of hydrogen-bond donors (Lipinski definition) is 2. The summed E-state index contributed by atoms with van der Waals surface area (Å²) in [4.78, 5) is 24.0. The zero-order valence-corrected chi connectivity index (χ0v) is 16.2. The van der Waals surface area contributed by atoms with E-state index in [2.05, 4.69) is 5.32 Å². The van der Waals surface area contributed by atoms with Crippen molar-refractivity contribution in [2.75, 3.05) is 31.8 Å². The Hall–Kier alpha value is -2.62. The van der Waals surface area contributed by atoms with E-state index in [9.17, 15) is 18.0 Å². The van der Waals surface area contributed by atoms with Gasteiger partial charge in [-0.3, -0.25) is 4.79 Å². The number of nitrogens with zero attached hydrogens (tertiary/aromatic N) is 1. The van der Waals surface area contributed by atoms with E-state index in [1.807, 2.05) is 0 Å². The second-order valence-electron chi connectivity index (χ2n) is 5.67. The molecular weight excluding hydrogens is 394 g/mol. The van der Waals surface area contributed by atoms with E-state index in [1.54, 1.807) is 0 Å². The van der Waals surface area contributed by atoms with Crippen molar-refractivity contribution in [2.24, 2.45) is 0 Å². The molecule has 0 aliphatic heterocycles. The Kier molecular flexibility index (Phi) is 6.42. The first-order valence-corrected chi connectivity index (χ1v) is 9.47. The molecule has 0 heterocycles. The van der Waals surface area contributed by atoms with Crippen molar-refractivity contribution in [2.45, 2.75) is 4.90 Å². The molecule has 2 aromatic carbocycles. The third kappa shape index (κ3) is 5.19. The maximum Gasteiger partial charge on any atom is 0.340 e. The summed E-state index contributed by atoms with van der Waals surface area (Å²) in [5.41, 5.74) is 6.16. The number of nitrogens with two attached hydrogens (primary N) is 1. The van der Waals surface area contributed by atoms with Crippen LogP contribution in [0.15, 0.2) is 47.4 Å². The predicted octanol–water partition coefficient (Wildman–Crippen LogP) is 1.97. The van der Waals surface area contributed by atoms with Crippen LogP contribution >= 0.6 is 11.6 Å². The molecule has 0 aromatic heterocycles. The van der Waals surface area contributed by atoms with Crippen LogP contribution < -0.4 is 11.1 Å². The summed E-state index contributed by atoms with van der Waals surface area (Å²) < 4.78 is 30.2. The number of rotatable bonds is 6. The first kappa shape index (κ1) is 20.7. The van der Waals surface area contributed by atoms with Crippen LogP contribution in [0.5, 0.6) is 0 Å². The predicted molar refractivity (Wildman–Crippen MR) is 102 cm³/mol. The first-order chi connectivity index (χ1) is 12.6. The van der Waals surface area contributed by atoms with Crippen molar-refractivity contribution >= 4 is 44.9 Å². The van der Waals surface area contributed by atoms with Gasteiger partial charge in [0, 0.05) is 30.5 Å². The van der Waals surface area contributed by atoms with Gasteiger partial charge in [0.15, 0.2) is 6.61 Å². The Morgan fingerprint density at radius 2 is 1.89 bits per heavy atom. The summed E-state index contributed by atoms with van der Waals surface area (Å²) in [5.74, 6) is -1.43. The zero-order valence-electron chi connectivity index (χ0n) is 14.6. The number of nitrogens with one attached hydrogen (secondary N) is 1. The standard InChI is InChI=1S/C17H18ClN3O5S/c1-21(2)27(24,25)13-5-3-4-12(9-13)20-16(22)10-26-17(23)14-8-11(18)6-7-15(14)19/h3-9H,10,19H2,1-2H3,(H,20,22). The van der Waals surface area contributed by atoms with Crippen LogP contribution in [0.3, 0.4) is 0 Å². The number of carbonyl (C=O) groups is 2. The molecule has 1 amide bonds. The van der Waals surface area contributed by atoms with Crippen LogP contribution in [0.4, 0.5) is 11.4 Å². The minimum Gasteiger partial charge on any atom is -0.452 e. The van der Waals surface area contributed by atoms with E-state index < -0.39 is 28.5 Å². The number of anilines is 2. The van der Waals surface area contributed by atoms with Crippen LogP contribution in [0.2, 0.25) is 5.02 Å². The fourth-order valence-electron chi connectivity index (χ4n) is 2.06. The Labute approximate surface area is 161 Å². The van der Waals surface area contributed by atoms with E-state index in [1.165, 1.54) is 56.6 Å². The van der Waals surface area contributed by atoms with E-state index in [-0.39, 0.29) is 21.8 Å². The summed E-state index contributed by atoms with van der Waals surface area (Å²) in [6.45, 7) is -0.574. The van der Waals surface area contributed by atoms with Gasteiger partial charge in [0.1, 0.15) is 0 Å². The van der Waals surface area contributed by atoms with Gasteiger partial charge in [-0.05, 0) is 36.4 Å². The van der Waals surface area contributed by atoms with Gasteiger partial charge in [0.05, 0.1) is 10.5 Å². The number of benzene rings is 2. The van der Waals surface area contributed by atoms with Crippen LogP contribution in [0, 0.1) is 0 Å². The highest BCUT2D eigenvalue weighted by Crippen LogP contribution is 2.19. The number of ether oxygens (including phenoxy) is 1. The lowest BCUT2D eigenvalue weighted by Gasteiger charge is -2.13. The number of amides is 1. The molecular formula is C17H18ClN3O5S. The molecule has 144 valence electrons. The Balaban J connectivity index is 2.02. The van der Waals surface area contributed by atoms with Crippen molar-refractivity contribution in [1.29, 1.82) is 0 Å². The second-order valence-corrected chi connectivity index (χ2v) is 8.26. The molecule has 10 heteroatoms. The molecule has 0 aliphatic carbocycles. The average Bonchev–Trinajstić information content (AvgIpc) is 2.61. The van der Waals surface area contributed by atoms with Gasteiger partial charge in [0.2, 0.25) is 10.0 Å². The molecule has 27 heavy (non-hydrogen) atoms. The fourth-order valence-corrected chi connectivity index (χ4v) is 3.18. The van der Waals surface area contributed by atoms with Gasteiger partial charge in [-0.2, -0.15) is 0 Å². The molecule has 0 aliphatic rings. The first-order valence-electron chi connectivity index (χ1n) is 7.66. The number of carbonyl (C=O) groups excluding carboxylic acids is 2. The van der Waals surface area contributed by atoms with Crippen LogP contribution in [-0.4, -0.2) is 45.3 Å². The monoisotopic (exact) mass is 411 g/mol. The number of nitrogen functional groups attached to an aromatic ring is 1. The van der Waals surface area contributed by atoms with Crippen molar-refractivity contribution in [1.82, 2.24) is 4.31 Å². The van der Waals surface area contributed by atoms with Crippen molar-refractivity contribution < 1.29 is 22.7 Å².